The molecule has 2 saturated heterocycles. The number of hydrogen-bond donors (Lipinski definition) is 0. The van der Waals surface area contributed by atoms with Gasteiger partial charge in [0.2, 0.25) is 15.9 Å². The maximum absolute atomic E-state index is 13.4. The Labute approximate surface area is 207 Å². The van der Waals surface area contributed by atoms with Crippen LogP contribution in [0.5, 0.6) is 0 Å². The number of piperazine rings is 1. The molecule has 1 atom stereocenters. The van der Waals surface area contributed by atoms with Gasteiger partial charge in [0.1, 0.15) is 6.04 Å². The summed E-state index contributed by atoms with van der Waals surface area (Å²) in [5, 5.41) is 11.8. The number of nitro benzene ring substituents is 1. The molecule has 1 unspecified atom stereocenters. The van der Waals surface area contributed by atoms with Crippen LogP contribution in [0.3, 0.4) is 0 Å². The van der Waals surface area contributed by atoms with Crippen LogP contribution in [0.4, 0.5) is 10.8 Å². The van der Waals surface area contributed by atoms with Crippen molar-refractivity contribution in [1.82, 2.24) is 14.2 Å². The molecular weight excluding hydrogens is 490 g/mol. The molecule has 2 aliphatic heterocycles. The molecule has 0 bridgehead atoms. The summed E-state index contributed by atoms with van der Waals surface area (Å²) in [5.41, 5.74) is 1.71. The second-order valence-corrected chi connectivity index (χ2v) is 11.7. The lowest BCUT2D eigenvalue weighted by Gasteiger charge is -2.37. The largest absolute Gasteiger partial charge is 0.345 e. The number of amides is 1. The SMILES string of the molecule is Cc1ccc(S(=O)(=O)N2CCCC2C(=O)N2CCN(c3nc4ccc([N+](=O)[O-])cc4s3)CC2)cc1. The number of benzene rings is 2. The van der Waals surface area contributed by atoms with Crippen LogP contribution in [0.1, 0.15) is 18.4 Å². The van der Waals surface area contributed by atoms with Crippen LogP contribution >= 0.6 is 11.3 Å². The summed E-state index contributed by atoms with van der Waals surface area (Å²) in [6.45, 7) is 4.28. The zero-order chi connectivity index (χ0) is 24.7. The summed E-state index contributed by atoms with van der Waals surface area (Å²) in [4.78, 5) is 32.6. The van der Waals surface area contributed by atoms with Crippen LogP contribution in [0.25, 0.3) is 10.2 Å². The number of thiazole rings is 1. The van der Waals surface area contributed by atoms with Gasteiger partial charge in [-0.05, 0) is 38.0 Å². The number of aromatic nitrogens is 1. The van der Waals surface area contributed by atoms with Crippen molar-refractivity contribution in [3.8, 4) is 0 Å². The third-order valence-electron chi connectivity index (χ3n) is 6.55. The van der Waals surface area contributed by atoms with Crippen LogP contribution in [0.15, 0.2) is 47.4 Å². The molecule has 10 nitrogen and oxygen atoms in total. The number of sulfonamides is 1. The lowest BCUT2D eigenvalue weighted by Crippen LogP contribution is -2.54. The summed E-state index contributed by atoms with van der Waals surface area (Å²) in [7, 11) is -3.75. The number of nitrogens with zero attached hydrogens (tertiary/aromatic N) is 5. The molecule has 12 heteroatoms. The molecule has 0 spiro atoms. The summed E-state index contributed by atoms with van der Waals surface area (Å²) in [5.74, 6) is -0.155. The van der Waals surface area contributed by atoms with E-state index in [1.807, 2.05) is 6.92 Å². The average molecular weight is 516 g/mol. The van der Waals surface area contributed by atoms with Gasteiger partial charge in [-0.25, -0.2) is 13.4 Å². The van der Waals surface area contributed by atoms with Gasteiger partial charge in [0.15, 0.2) is 5.13 Å². The van der Waals surface area contributed by atoms with Crippen LogP contribution in [-0.2, 0) is 14.8 Å². The van der Waals surface area contributed by atoms with E-state index in [1.54, 1.807) is 35.2 Å². The maximum atomic E-state index is 13.4. The van der Waals surface area contributed by atoms with E-state index in [9.17, 15) is 23.3 Å². The summed E-state index contributed by atoms with van der Waals surface area (Å²) in [6, 6.07) is 10.6. The van der Waals surface area contributed by atoms with E-state index < -0.39 is 21.0 Å². The molecule has 5 rings (SSSR count). The molecule has 0 saturated carbocycles. The topological polar surface area (TPSA) is 117 Å². The van der Waals surface area contributed by atoms with Crippen molar-refractivity contribution in [2.75, 3.05) is 37.6 Å². The van der Waals surface area contributed by atoms with E-state index in [4.69, 9.17) is 0 Å². The summed E-state index contributed by atoms with van der Waals surface area (Å²) < 4.78 is 28.6. The molecule has 2 fully saturated rings. The number of anilines is 1. The van der Waals surface area contributed by atoms with Gasteiger partial charge in [-0.15, -0.1) is 0 Å². The fraction of sp³-hybridized carbons (Fsp3) is 0.391. The van der Waals surface area contributed by atoms with Gasteiger partial charge in [0.05, 0.1) is 20.0 Å². The van der Waals surface area contributed by atoms with Crippen molar-refractivity contribution in [2.45, 2.75) is 30.7 Å². The third-order valence-corrected chi connectivity index (χ3v) is 9.55. The molecule has 2 aliphatic rings. The molecular formula is C23H25N5O5S2. The lowest BCUT2D eigenvalue weighted by molar-refractivity contribution is -0.384. The van der Waals surface area contributed by atoms with E-state index >= 15 is 0 Å². The van der Waals surface area contributed by atoms with Crippen molar-refractivity contribution in [2.24, 2.45) is 0 Å². The highest BCUT2D eigenvalue weighted by Crippen LogP contribution is 2.32. The highest BCUT2D eigenvalue weighted by Gasteiger charge is 2.41. The molecule has 0 aliphatic carbocycles. The van der Waals surface area contributed by atoms with Crippen LogP contribution < -0.4 is 4.90 Å². The van der Waals surface area contributed by atoms with Crippen molar-refractivity contribution in [3.63, 3.8) is 0 Å². The zero-order valence-electron chi connectivity index (χ0n) is 19.2. The predicted molar refractivity (Wildman–Crippen MR) is 133 cm³/mol. The number of rotatable bonds is 5. The normalized spacial score (nSPS) is 19.4. The number of hydrogen-bond acceptors (Lipinski definition) is 8. The van der Waals surface area contributed by atoms with Gasteiger partial charge in [0, 0.05) is 44.9 Å². The second-order valence-electron chi connectivity index (χ2n) is 8.80. The smallest absolute Gasteiger partial charge is 0.270 e. The molecule has 1 aromatic heterocycles. The standard InChI is InChI=1S/C23H25N5O5S2/c1-16-4-7-18(8-5-16)35(32,33)27-10-2-3-20(27)22(29)25-11-13-26(14-12-25)23-24-19-9-6-17(28(30)31)15-21(19)34-23/h4-9,15,20H,2-3,10-14H2,1H3. The van der Waals surface area contributed by atoms with Crippen molar-refractivity contribution < 1.29 is 18.1 Å². The van der Waals surface area contributed by atoms with Gasteiger partial charge < -0.3 is 9.80 Å². The van der Waals surface area contributed by atoms with Crippen molar-refractivity contribution in [1.29, 1.82) is 0 Å². The molecule has 1 amide bonds. The van der Waals surface area contributed by atoms with Gasteiger partial charge in [-0.2, -0.15) is 4.31 Å². The Bertz CT molecular complexity index is 1380. The molecule has 3 heterocycles. The fourth-order valence-corrected chi connectivity index (χ4v) is 7.30. The van der Waals surface area contributed by atoms with Gasteiger partial charge in [-0.3, -0.25) is 14.9 Å². The molecule has 2 aromatic carbocycles. The fourth-order valence-electron chi connectivity index (χ4n) is 4.60. The predicted octanol–water partition coefficient (Wildman–Crippen LogP) is 3.01. The highest BCUT2D eigenvalue weighted by atomic mass is 32.2. The Morgan fingerprint density at radius 2 is 1.80 bits per heavy atom. The number of nitro groups is 1. The summed E-state index contributed by atoms with van der Waals surface area (Å²) in [6.07, 6.45) is 1.17. The third kappa shape index (κ3) is 4.48. The van der Waals surface area contributed by atoms with E-state index in [2.05, 4.69) is 9.88 Å². The minimum Gasteiger partial charge on any atom is -0.345 e. The average Bonchev–Trinajstić information content (AvgIpc) is 3.51. The Morgan fingerprint density at radius 3 is 2.49 bits per heavy atom. The highest BCUT2D eigenvalue weighted by molar-refractivity contribution is 7.89. The molecule has 35 heavy (non-hydrogen) atoms. The number of non-ortho nitro benzene ring substituents is 1. The van der Waals surface area contributed by atoms with Crippen molar-refractivity contribution >= 4 is 48.3 Å². The van der Waals surface area contributed by atoms with Crippen LogP contribution in [-0.4, -0.2) is 72.2 Å². The number of carbonyl (C=O) groups excluding carboxylic acids is 1. The quantitative estimate of drug-likeness (QED) is 0.379. The number of fused-ring (bicyclic) bond motifs is 1. The second kappa shape index (κ2) is 9.17. The molecule has 0 radical (unpaired) electrons. The molecule has 3 aromatic rings. The Hall–Kier alpha value is -3.09. The maximum Gasteiger partial charge on any atom is 0.270 e. The van der Waals surface area contributed by atoms with Crippen molar-refractivity contribution in [3.05, 3.63) is 58.1 Å². The van der Waals surface area contributed by atoms with E-state index in [0.29, 0.717) is 51.1 Å². The minimum absolute atomic E-state index is 0.0322. The van der Waals surface area contributed by atoms with Gasteiger partial charge in [-0.1, -0.05) is 29.0 Å². The van der Waals surface area contributed by atoms with Crippen LogP contribution in [0, 0.1) is 17.0 Å². The first kappa shape index (κ1) is 23.6. The first-order chi connectivity index (χ1) is 16.7. The van der Waals surface area contributed by atoms with E-state index in [-0.39, 0.29) is 16.5 Å². The lowest BCUT2D eigenvalue weighted by atomic mass is 10.2. The number of carbonyl (C=O) groups is 1. The zero-order valence-corrected chi connectivity index (χ0v) is 20.8. The van der Waals surface area contributed by atoms with Crippen LogP contribution in [0.2, 0.25) is 0 Å². The van der Waals surface area contributed by atoms with Gasteiger partial charge in [0.25, 0.3) is 5.69 Å². The van der Waals surface area contributed by atoms with E-state index in [1.165, 1.54) is 27.8 Å². The molecule has 184 valence electrons. The first-order valence-electron chi connectivity index (χ1n) is 11.4. The monoisotopic (exact) mass is 515 g/mol. The number of aryl methyl sites for hydroxylation is 1. The van der Waals surface area contributed by atoms with Gasteiger partial charge >= 0.3 is 0 Å². The molecule has 0 N–H and O–H groups in total. The van der Waals surface area contributed by atoms with E-state index in [0.717, 1.165) is 15.4 Å². The summed E-state index contributed by atoms with van der Waals surface area (Å²) >= 11 is 1.39. The minimum atomic E-state index is -3.75. The Kier molecular flexibility index (Phi) is 6.20. The Morgan fingerprint density at radius 1 is 1.09 bits per heavy atom. The Balaban J connectivity index is 1.27. The first-order valence-corrected chi connectivity index (χ1v) is 13.7.